The van der Waals surface area contributed by atoms with Gasteiger partial charge >= 0.3 is 5.97 Å². The smallest absolute Gasteiger partial charge is 0.331 e. The van der Waals surface area contributed by atoms with E-state index >= 15 is 0 Å². The third kappa shape index (κ3) is 3.06. The van der Waals surface area contributed by atoms with E-state index in [2.05, 4.69) is 5.32 Å². The number of carbonyl (C=O) groups excluding carboxylic acids is 3. The van der Waals surface area contributed by atoms with E-state index in [0.29, 0.717) is 12.8 Å². The van der Waals surface area contributed by atoms with Gasteiger partial charge in [0.2, 0.25) is 11.8 Å². The average molecular weight is 318 g/mol. The zero-order valence-electron chi connectivity index (χ0n) is 13.9. The number of anilines is 1. The van der Waals surface area contributed by atoms with Gasteiger partial charge in [0.1, 0.15) is 11.6 Å². The van der Waals surface area contributed by atoms with Crippen molar-refractivity contribution in [3.63, 3.8) is 0 Å². The van der Waals surface area contributed by atoms with Gasteiger partial charge in [0.15, 0.2) is 0 Å². The summed E-state index contributed by atoms with van der Waals surface area (Å²) in [6.45, 7) is 4.85. The quantitative estimate of drug-likeness (QED) is 0.852. The lowest BCUT2D eigenvalue weighted by Crippen LogP contribution is -2.58. The van der Waals surface area contributed by atoms with Crippen molar-refractivity contribution in [2.75, 3.05) is 12.0 Å². The Kier molecular flexibility index (Phi) is 4.73. The summed E-state index contributed by atoms with van der Waals surface area (Å²) < 4.78 is 4.77. The van der Waals surface area contributed by atoms with Crippen molar-refractivity contribution in [1.82, 2.24) is 5.32 Å². The molecule has 6 nitrogen and oxygen atoms in total. The molecule has 1 aromatic rings. The minimum absolute atomic E-state index is 0.202. The number of benzene rings is 1. The standard InChI is InChI=1S/C17H22N2O4/c1-5-17(3,16(22)23-4)18-15(21)14-10-12-8-6-7-9-13(12)19(14)11(2)20/h6-9,14H,5,10H2,1-4H3,(H,18,21)/t14-,17+/m0/s1. The molecule has 1 aliphatic rings. The molecule has 0 fully saturated rings. The van der Waals surface area contributed by atoms with Crippen LogP contribution < -0.4 is 10.2 Å². The Balaban J connectivity index is 2.26. The number of nitrogens with one attached hydrogen (secondary N) is 1. The Morgan fingerprint density at radius 3 is 2.57 bits per heavy atom. The predicted molar refractivity (Wildman–Crippen MR) is 85.9 cm³/mol. The fourth-order valence-electron chi connectivity index (χ4n) is 2.85. The molecule has 0 aromatic heterocycles. The minimum atomic E-state index is -1.11. The molecule has 6 heteroatoms. The number of para-hydroxylation sites is 1. The van der Waals surface area contributed by atoms with Gasteiger partial charge in [-0.25, -0.2) is 4.79 Å². The van der Waals surface area contributed by atoms with Crippen LogP contribution >= 0.6 is 0 Å². The third-order valence-corrected chi connectivity index (χ3v) is 4.36. The Hall–Kier alpha value is -2.37. The van der Waals surface area contributed by atoms with Crippen molar-refractivity contribution in [2.45, 2.75) is 45.2 Å². The summed E-state index contributed by atoms with van der Waals surface area (Å²) in [6, 6.07) is 6.78. The Bertz CT molecular complexity index is 643. The number of hydrogen-bond donors (Lipinski definition) is 1. The molecule has 124 valence electrons. The number of nitrogens with zero attached hydrogens (tertiary/aromatic N) is 1. The summed E-state index contributed by atoms with van der Waals surface area (Å²) in [5, 5.41) is 2.75. The van der Waals surface area contributed by atoms with E-state index in [9.17, 15) is 14.4 Å². The highest BCUT2D eigenvalue weighted by Gasteiger charge is 2.41. The molecule has 1 aliphatic heterocycles. The van der Waals surface area contributed by atoms with E-state index in [-0.39, 0.29) is 11.8 Å². The molecular weight excluding hydrogens is 296 g/mol. The minimum Gasteiger partial charge on any atom is -0.467 e. The van der Waals surface area contributed by atoms with Crippen LogP contribution in [0, 0.1) is 0 Å². The lowest BCUT2D eigenvalue weighted by Gasteiger charge is -2.30. The highest BCUT2D eigenvalue weighted by Crippen LogP contribution is 2.32. The van der Waals surface area contributed by atoms with Gasteiger partial charge in [-0.2, -0.15) is 0 Å². The molecule has 2 amide bonds. The van der Waals surface area contributed by atoms with E-state index in [4.69, 9.17) is 4.74 Å². The van der Waals surface area contributed by atoms with Gasteiger partial charge in [0.25, 0.3) is 0 Å². The van der Waals surface area contributed by atoms with Gasteiger partial charge in [-0.15, -0.1) is 0 Å². The number of hydrogen-bond acceptors (Lipinski definition) is 4. The molecule has 2 atom stereocenters. The summed E-state index contributed by atoms with van der Waals surface area (Å²) in [7, 11) is 1.29. The second-order valence-electron chi connectivity index (χ2n) is 5.90. The highest BCUT2D eigenvalue weighted by molar-refractivity contribution is 6.03. The van der Waals surface area contributed by atoms with E-state index in [1.165, 1.54) is 18.9 Å². The lowest BCUT2D eigenvalue weighted by atomic mass is 9.98. The van der Waals surface area contributed by atoms with Crippen LogP contribution in [0.5, 0.6) is 0 Å². The first-order valence-corrected chi connectivity index (χ1v) is 7.62. The van der Waals surface area contributed by atoms with Gasteiger partial charge in [0.05, 0.1) is 7.11 Å². The van der Waals surface area contributed by atoms with Gasteiger partial charge in [-0.1, -0.05) is 25.1 Å². The highest BCUT2D eigenvalue weighted by atomic mass is 16.5. The zero-order chi connectivity index (χ0) is 17.2. The maximum atomic E-state index is 12.7. The number of carbonyl (C=O) groups is 3. The van der Waals surface area contributed by atoms with Crippen LogP contribution in [-0.4, -0.2) is 36.5 Å². The van der Waals surface area contributed by atoms with Crippen molar-refractivity contribution >= 4 is 23.5 Å². The van der Waals surface area contributed by atoms with Crippen molar-refractivity contribution in [3.05, 3.63) is 29.8 Å². The summed E-state index contributed by atoms with van der Waals surface area (Å²) in [4.78, 5) is 38.1. The SMILES string of the molecule is CC[C@@](C)(NC(=O)[C@@H]1Cc2ccccc2N1C(C)=O)C(=O)OC. The summed E-state index contributed by atoms with van der Waals surface area (Å²) in [6.07, 6.45) is 0.827. The molecule has 2 rings (SSSR count). The van der Waals surface area contributed by atoms with Gasteiger partial charge < -0.3 is 10.1 Å². The molecule has 0 radical (unpaired) electrons. The van der Waals surface area contributed by atoms with E-state index in [1.54, 1.807) is 13.8 Å². The van der Waals surface area contributed by atoms with E-state index in [0.717, 1.165) is 11.3 Å². The summed E-state index contributed by atoms with van der Waals surface area (Å²) >= 11 is 0. The number of esters is 1. The van der Waals surface area contributed by atoms with Crippen LogP contribution in [0.2, 0.25) is 0 Å². The summed E-state index contributed by atoms with van der Waals surface area (Å²) in [5.41, 5.74) is 0.582. The zero-order valence-corrected chi connectivity index (χ0v) is 13.9. The van der Waals surface area contributed by atoms with Crippen LogP contribution in [-0.2, 0) is 25.5 Å². The first-order valence-electron chi connectivity index (χ1n) is 7.62. The van der Waals surface area contributed by atoms with E-state index in [1.807, 2.05) is 24.3 Å². The van der Waals surface area contributed by atoms with Crippen LogP contribution in [0.25, 0.3) is 0 Å². The lowest BCUT2D eigenvalue weighted by molar-refractivity contribution is -0.150. The Labute approximate surface area is 135 Å². The molecule has 23 heavy (non-hydrogen) atoms. The van der Waals surface area contributed by atoms with Gasteiger partial charge in [-0.05, 0) is 25.0 Å². The molecule has 0 saturated carbocycles. The average Bonchev–Trinajstić information content (AvgIpc) is 2.93. The number of fused-ring (bicyclic) bond motifs is 1. The summed E-state index contributed by atoms with van der Waals surface area (Å²) in [5.74, 6) is -1.06. The molecule has 0 saturated heterocycles. The second-order valence-corrected chi connectivity index (χ2v) is 5.90. The van der Waals surface area contributed by atoms with E-state index < -0.39 is 17.6 Å². The van der Waals surface area contributed by atoms with Crippen LogP contribution in [0.15, 0.2) is 24.3 Å². The van der Waals surface area contributed by atoms with Gasteiger partial charge in [0, 0.05) is 19.0 Å². The Morgan fingerprint density at radius 2 is 2.00 bits per heavy atom. The first-order chi connectivity index (χ1) is 10.8. The second kappa shape index (κ2) is 6.40. The van der Waals surface area contributed by atoms with Crippen LogP contribution in [0.4, 0.5) is 5.69 Å². The molecule has 1 N–H and O–H groups in total. The first kappa shape index (κ1) is 17.0. The van der Waals surface area contributed by atoms with Crippen molar-refractivity contribution < 1.29 is 19.1 Å². The van der Waals surface area contributed by atoms with Crippen molar-refractivity contribution in [3.8, 4) is 0 Å². The maximum Gasteiger partial charge on any atom is 0.331 e. The normalized spacial score (nSPS) is 18.8. The maximum absolute atomic E-state index is 12.7. The van der Waals surface area contributed by atoms with Crippen LogP contribution in [0.3, 0.4) is 0 Å². The molecule has 0 spiro atoms. The fraction of sp³-hybridized carbons (Fsp3) is 0.471. The van der Waals surface area contributed by atoms with Gasteiger partial charge in [-0.3, -0.25) is 14.5 Å². The monoisotopic (exact) mass is 318 g/mol. The van der Waals surface area contributed by atoms with Crippen LogP contribution in [0.1, 0.15) is 32.8 Å². The van der Waals surface area contributed by atoms with Crippen molar-refractivity contribution in [1.29, 1.82) is 0 Å². The molecule has 0 bridgehead atoms. The topological polar surface area (TPSA) is 75.7 Å². The number of rotatable bonds is 4. The number of methoxy groups -OCH3 is 1. The molecule has 1 heterocycles. The fourth-order valence-corrected chi connectivity index (χ4v) is 2.85. The number of ether oxygens (including phenoxy) is 1. The predicted octanol–water partition coefficient (Wildman–Crippen LogP) is 1.42. The molecule has 0 unspecified atom stereocenters. The molecule has 1 aromatic carbocycles. The Morgan fingerprint density at radius 1 is 1.35 bits per heavy atom. The largest absolute Gasteiger partial charge is 0.467 e. The molecule has 0 aliphatic carbocycles. The number of amides is 2. The third-order valence-electron chi connectivity index (χ3n) is 4.36. The van der Waals surface area contributed by atoms with Crippen molar-refractivity contribution in [2.24, 2.45) is 0 Å². The molecular formula is C17H22N2O4.